The highest BCUT2D eigenvalue weighted by Gasteiger charge is 2.33. The topological polar surface area (TPSA) is 17.1 Å². The van der Waals surface area contributed by atoms with Crippen LogP contribution in [0.25, 0.3) is 0 Å². The summed E-state index contributed by atoms with van der Waals surface area (Å²) in [5, 5.41) is 0.324. The van der Waals surface area contributed by atoms with E-state index in [9.17, 15) is 4.79 Å². The molecule has 1 aliphatic carbocycles. The second-order valence-electron chi connectivity index (χ2n) is 2.88. The van der Waals surface area contributed by atoms with Gasteiger partial charge in [0.25, 0.3) is 0 Å². The number of fused-ring (bicyclic) bond motifs is 1. The fourth-order valence-electron chi connectivity index (χ4n) is 1.64. The molecule has 0 bridgehead atoms. The summed E-state index contributed by atoms with van der Waals surface area (Å²) in [6.07, 6.45) is 6.14. The van der Waals surface area contributed by atoms with Gasteiger partial charge >= 0.3 is 0 Å². The van der Waals surface area contributed by atoms with Crippen molar-refractivity contribution >= 4 is 17.5 Å². The van der Waals surface area contributed by atoms with E-state index in [0.717, 1.165) is 6.42 Å². The Kier molecular flexibility index (Phi) is 1.57. The van der Waals surface area contributed by atoms with Crippen molar-refractivity contribution < 1.29 is 4.79 Å². The monoisotopic (exact) mass is 154 g/mol. The third-order valence-corrected chi connectivity index (χ3v) is 3.66. The molecule has 0 spiro atoms. The van der Waals surface area contributed by atoms with Gasteiger partial charge in [-0.15, -0.1) is 11.8 Å². The van der Waals surface area contributed by atoms with Crippen LogP contribution in [0, 0.1) is 5.92 Å². The van der Waals surface area contributed by atoms with Crippen molar-refractivity contribution in [3.05, 3.63) is 12.2 Å². The molecule has 2 atom stereocenters. The molecule has 1 heterocycles. The molecule has 1 nitrogen and oxygen atoms in total. The number of rotatable bonds is 0. The Labute approximate surface area is 64.9 Å². The lowest BCUT2D eigenvalue weighted by atomic mass is 9.91. The summed E-state index contributed by atoms with van der Waals surface area (Å²) in [5.41, 5.74) is 0. The molecule has 0 saturated carbocycles. The van der Waals surface area contributed by atoms with E-state index >= 15 is 0 Å². The van der Waals surface area contributed by atoms with Crippen LogP contribution in [0.3, 0.4) is 0 Å². The van der Waals surface area contributed by atoms with E-state index in [1.54, 1.807) is 6.08 Å². The van der Waals surface area contributed by atoms with Crippen molar-refractivity contribution in [2.24, 2.45) is 5.92 Å². The third-order valence-electron chi connectivity index (χ3n) is 2.22. The van der Waals surface area contributed by atoms with Gasteiger partial charge in [-0.2, -0.15) is 0 Å². The minimum atomic E-state index is 0.324. The highest BCUT2D eigenvalue weighted by Crippen LogP contribution is 2.37. The van der Waals surface area contributed by atoms with Gasteiger partial charge in [-0.1, -0.05) is 6.08 Å². The van der Waals surface area contributed by atoms with E-state index in [1.807, 2.05) is 17.8 Å². The zero-order chi connectivity index (χ0) is 6.97. The normalized spacial score (nSPS) is 38.2. The summed E-state index contributed by atoms with van der Waals surface area (Å²) in [6.45, 7) is 0. The van der Waals surface area contributed by atoms with E-state index in [1.165, 1.54) is 12.2 Å². The molecule has 0 N–H and O–H groups in total. The minimum absolute atomic E-state index is 0.324. The van der Waals surface area contributed by atoms with Gasteiger partial charge in [0.05, 0.1) is 5.25 Å². The number of carbonyl (C=O) groups excluding carboxylic acids is 1. The van der Waals surface area contributed by atoms with E-state index in [0.29, 0.717) is 17.0 Å². The van der Waals surface area contributed by atoms with Crippen molar-refractivity contribution in [3.8, 4) is 0 Å². The molecule has 2 rings (SSSR count). The molecule has 2 unspecified atom stereocenters. The molecule has 0 aromatic rings. The highest BCUT2D eigenvalue weighted by atomic mass is 32.2. The number of hydrogen-bond acceptors (Lipinski definition) is 2. The Balaban J connectivity index is 2.20. The predicted molar refractivity (Wildman–Crippen MR) is 43.1 cm³/mol. The van der Waals surface area contributed by atoms with Crippen molar-refractivity contribution in [3.63, 3.8) is 0 Å². The average molecular weight is 154 g/mol. The second-order valence-corrected chi connectivity index (χ2v) is 4.13. The lowest BCUT2D eigenvalue weighted by Crippen LogP contribution is -2.23. The molecule has 1 aliphatic heterocycles. The Bertz CT molecular complexity index is 186. The fraction of sp³-hybridized carbons (Fsp3) is 0.625. The SMILES string of the molecule is O=C1C=CCC2CCSC12. The fourth-order valence-corrected chi connectivity index (χ4v) is 3.10. The first-order valence-corrected chi connectivity index (χ1v) is 4.75. The van der Waals surface area contributed by atoms with Crippen LogP contribution in [-0.4, -0.2) is 16.8 Å². The molecule has 0 aromatic carbocycles. The zero-order valence-corrected chi connectivity index (χ0v) is 6.56. The number of allylic oxidation sites excluding steroid dienone is 2. The largest absolute Gasteiger partial charge is 0.294 e. The van der Waals surface area contributed by atoms with Crippen LogP contribution in [0.2, 0.25) is 0 Å². The van der Waals surface area contributed by atoms with Gasteiger partial charge < -0.3 is 0 Å². The standard InChI is InChI=1S/C8H10OS/c9-7-3-1-2-6-4-5-10-8(6)7/h1,3,6,8H,2,4-5H2. The Hall–Kier alpha value is -0.240. The summed E-state index contributed by atoms with van der Waals surface area (Å²) in [5.74, 6) is 2.20. The zero-order valence-electron chi connectivity index (χ0n) is 5.75. The maximum atomic E-state index is 11.2. The summed E-state index contributed by atoms with van der Waals surface area (Å²) < 4.78 is 0. The van der Waals surface area contributed by atoms with Crippen LogP contribution in [0.4, 0.5) is 0 Å². The van der Waals surface area contributed by atoms with Gasteiger partial charge in [0.15, 0.2) is 5.78 Å². The van der Waals surface area contributed by atoms with Crippen LogP contribution < -0.4 is 0 Å². The molecule has 10 heavy (non-hydrogen) atoms. The number of carbonyl (C=O) groups is 1. The first kappa shape index (κ1) is 6.47. The molecule has 1 fully saturated rings. The third kappa shape index (κ3) is 0.908. The molecular weight excluding hydrogens is 144 g/mol. The summed E-state index contributed by atoms with van der Waals surface area (Å²) in [4.78, 5) is 11.2. The van der Waals surface area contributed by atoms with E-state index in [4.69, 9.17) is 0 Å². The van der Waals surface area contributed by atoms with Gasteiger partial charge in [-0.05, 0) is 30.6 Å². The first-order valence-electron chi connectivity index (χ1n) is 3.70. The quantitative estimate of drug-likeness (QED) is 0.527. The van der Waals surface area contributed by atoms with E-state index in [2.05, 4.69) is 0 Å². The average Bonchev–Trinajstić information content (AvgIpc) is 2.36. The lowest BCUT2D eigenvalue weighted by molar-refractivity contribution is -0.115. The number of hydrogen-bond donors (Lipinski definition) is 0. The summed E-state index contributed by atoms with van der Waals surface area (Å²) in [7, 11) is 0. The summed E-state index contributed by atoms with van der Waals surface area (Å²) >= 11 is 1.83. The second kappa shape index (κ2) is 2.42. The van der Waals surface area contributed by atoms with Crippen molar-refractivity contribution in [1.82, 2.24) is 0 Å². The summed E-state index contributed by atoms with van der Waals surface area (Å²) in [6, 6.07) is 0. The molecule has 0 radical (unpaired) electrons. The molecule has 0 aromatic heterocycles. The van der Waals surface area contributed by atoms with Crippen molar-refractivity contribution in [1.29, 1.82) is 0 Å². The van der Waals surface area contributed by atoms with Gasteiger partial charge in [-0.3, -0.25) is 4.79 Å². The smallest absolute Gasteiger partial charge is 0.168 e. The Morgan fingerprint density at radius 3 is 3.30 bits per heavy atom. The molecule has 2 heteroatoms. The lowest BCUT2D eigenvalue weighted by Gasteiger charge is -2.17. The molecule has 54 valence electrons. The number of ketones is 1. The van der Waals surface area contributed by atoms with Crippen LogP contribution in [-0.2, 0) is 4.79 Å². The maximum Gasteiger partial charge on any atom is 0.168 e. The number of thioether (sulfide) groups is 1. The van der Waals surface area contributed by atoms with Gasteiger partial charge in [0, 0.05) is 0 Å². The van der Waals surface area contributed by atoms with E-state index in [-0.39, 0.29) is 0 Å². The van der Waals surface area contributed by atoms with Crippen LogP contribution in [0.15, 0.2) is 12.2 Å². The van der Waals surface area contributed by atoms with Crippen LogP contribution in [0.1, 0.15) is 12.8 Å². The Morgan fingerprint density at radius 2 is 2.50 bits per heavy atom. The molecule has 2 aliphatic rings. The van der Waals surface area contributed by atoms with Gasteiger partial charge in [0.1, 0.15) is 0 Å². The predicted octanol–water partition coefficient (Wildman–Crippen LogP) is 1.64. The van der Waals surface area contributed by atoms with Crippen LogP contribution >= 0.6 is 11.8 Å². The highest BCUT2D eigenvalue weighted by molar-refractivity contribution is 8.00. The molecular formula is C8H10OS. The van der Waals surface area contributed by atoms with Gasteiger partial charge in [0.2, 0.25) is 0 Å². The molecule has 1 saturated heterocycles. The minimum Gasteiger partial charge on any atom is -0.294 e. The maximum absolute atomic E-state index is 11.2. The van der Waals surface area contributed by atoms with Crippen molar-refractivity contribution in [2.45, 2.75) is 18.1 Å². The van der Waals surface area contributed by atoms with Gasteiger partial charge in [-0.25, -0.2) is 0 Å². The molecule has 0 amide bonds. The first-order chi connectivity index (χ1) is 4.88. The van der Waals surface area contributed by atoms with Crippen LogP contribution in [0.5, 0.6) is 0 Å². The van der Waals surface area contributed by atoms with Crippen molar-refractivity contribution in [2.75, 3.05) is 5.75 Å². The Morgan fingerprint density at radius 1 is 1.60 bits per heavy atom. The van der Waals surface area contributed by atoms with E-state index < -0.39 is 0 Å².